The Bertz CT molecular complexity index is 473. The number of nitrogens with one attached hydrogen (secondary N) is 2. The van der Waals surface area contributed by atoms with E-state index in [9.17, 15) is 14.4 Å². The third-order valence-corrected chi connectivity index (χ3v) is 5.24. The van der Waals surface area contributed by atoms with E-state index in [1.807, 2.05) is 0 Å². The topological polar surface area (TPSA) is 78.5 Å². The van der Waals surface area contributed by atoms with Crippen LogP contribution in [-0.2, 0) is 14.4 Å². The molecule has 2 N–H and O–H groups in total. The first-order valence-electron chi connectivity index (χ1n) is 8.47. The summed E-state index contributed by atoms with van der Waals surface area (Å²) in [6, 6.07) is -0.853. The molecular weight excluding hydrogens is 282 g/mol. The highest BCUT2D eigenvalue weighted by Gasteiger charge is 2.42. The van der Waals surface area contributed by atoms with E-state index in [0.717, 1.165) is 32.1 Å². The standard InChI is InChI=1S/C16H25N3O3/c1-10-16(22)19-8-7-12(9-13(19)15(21)17-10)18-14(20)11-5-3-2-4-6-11/h10-13H,2-9H2,1H3,(H,17,21)(H,18,20). The molecule has 0 aromatic heterocycles. The number of piperazine rings is 1. The van der Waals surface area contributed by atoms with Crippen LogP contribution in [0.4, 0.5) is 0 Å². The van der Waals surface area contributed by atoms with Crippen LogP contribution in [0.15, 0.2) is 0 Å². The molecule has 0 spiro atoms. The Morgan fingerprint density at radius 1 is 1.18 bits per heavy atom. The normalized spacial score (nSPS) is 33.1. The largest absolute Gasteiger partial charge is 0.353 e. The van der Waals surface area contributed by atoms with Crippen molar-refractivity contribution in [3.05, 3.63) is 0 Å². The van der Waals surface area contributed by atoms with Crippen LogP contribution in [0.1, 0.15) is 51.9 Å². The summed E-state index contributed by atoms with van der Waals surface area (Å²) in [5, 5.41) is 5.83. The highest BCUT2D eigenvalue weighted by atomic mass is 16.2. The van der Waals surface area contributed by atoms with Gasteiger partial charge >= 0.3 is 0 Å². The van der Waals surface area contributed by atoms with Gasteiger partial charge in [-0.25, -0.2) is 0 Å². The Morgan fingerprint density at radius 3 is 2.64 bits per heavy atom. The van der Waals surface area contributed by atoms with E-state index in [2.05, 4.69) is 10.6 Å². The summed E-state index contributed by atoms with van der Waals surface area (Å²) in [6.07, 6.45) is 6.71. The molecule has 122 valence electrons. The second-order valence-electron chi connectivity index (χ2n) is 6.84. The van der Waals surface area contributed by atoms with Crippen molar-refractivity contribution in [1.29, 1.82) is 0 Å². The number of piperidine rings is 1. The van der Waals surface area contributed by atoms with Gasteiger partial charge in [-0.3, -0.25) is 14.4 Å². The second-order valence-corrected chi connectivity index (χ2v) is 6.84. The van der Waals surface area contributed by atoms with Gasteiger partial charge in [-0.15, -0.1) is 0 Å². The number of carbonyl (C=O) groups is 3. The average molecular weight is 307 g/mol. The SMILES string of the molecule is CC1NC(=O)C2CC(NC(=O)C3CCCCC3)CCN2C1=O. The van der Waals surface area contributed by atoms with Crippen molar-refractivity contribution < 1.29 is 14.4 Å². The Labute approximate surface area is 131 Å². The lowest BCUT2D eigenvalue weighted by molar-refractivity contribution is -0.151. The molecule has 2 heterocycles. The molecule has 2 aliphatic heterocycles. The van der Waals surface area contributed by atoms with Crippen LogP contribution in [0.3, 0.4) is 0 Å². The fourth-order valence-corrected chi connectivity index (χ4v) is 3.91. The summed E-state index contributed by atoms with van der Waals surface area (Å²) in [6.45, 7) is 2.27. The van der Waals surface area contributed by atoms with Gasteiger partial charge in [0.1, 0.15) is 12.1 Å². The zero-order valence-electron chi connectivity index (χ0n) is 13.1. The predicted octanol–water partition coefficient (Wildman–Crippen LogP) is 0.561. The molecule has 6 heteroatoms. The van der Waals surface area contributed by atoms with Gasteiger partial charge in [-0.1, -0.05) is 19.3 Å². The van der Waals surface area contributed by atoms with Gasteiger partial charge in [0.05, 0.1) is 0 Å². The smallest absolute Gasteiger partial charge is 0.245 e. The van der Waals surface area contributed by atoms with Crippen LogP contribution in [0.2, 0.25) is 0 Å². The first-order valence-corrected chi connectivity index (χ1v) is 8.47. The van der Waals surface area contributed by atoms with Crippen molar-refractivity contribution in [3.63, 3.8) is 0 Å². The van der Waals surface area contributed by atoms with E-state index in [0.29, 0.717) is 13.0 Å². The Morgan fingerprint density at radius 2 is 1.91 bits per heavy atom. The number of rotatable bonds is 2. The molecule has 0 radical (unpaired) electrons. The van der Waals surface area contributed by atoms with E-state index < -0.39 is 12.1 Å². The van der Waals surface area contributed by atoms with Gasteiger partial charge in [0.15, 0.2) is 0 Å². The van der Waals surface area contributed by atoms with Crippen molar-refractivity contribution in [2.75, 3.05) is 6.54 Å². The number of carbonyl (C=O) groups excluding carboxylic acids is 3. The highest BCUT2D eigenvalue weighted by molar-refractivity contribution is 5.97. The average Bonchev–Trinajstić information content (AvgIpc) is 2.53. The van der Waals surface area contributed by atoms with Gasteiger partial charge in [0, 0.05) is 18.5 Å². The van der Waals surface area contributed by atoms with Crippen LogP contribution in [0, 0.1) is 5.92 Å². The van der Waals surface area contributed by atoms with Crippen LogP contribution in [-0.4, -0.2) is 47.3 Å². The summed E-state index contributed by atoms with van der Waals surface area (Å²) in [7, 11) is 0. The van der Waals surface area contributed by atoms with E-state index in [-0.39, 0.29) is 29.7 Å². The van der Waals surface area contributed by atoms with Crippen molar-refractivity contribution in [3.8, 4) is 0 Å². The fourth-order valence-electron chi connectivity index (χ4n) is 3.91. The van der Waals surface area contributed by atoms with Crippen LogP contribution < -0.4 is 10.6 Å². The van der Waals surface area contributed by atoms with Crippen LogP contribution in [0.25, 0.3) is 0 Å². The lowest BCUT2D eigenvalue weighted by Gasteiger charge is -2.43. The summed E-state index contributed by atoms with van der Waals surface area (Å²) >= 11 is 0. The molecule has 22 heavy (non-hydrogen) atoms. The van der Waals surface area contributed by atoms with Gasteiger partial charge in [0.2, 0.25) is 17.7 Å². The summed E-state index contributed by atoms with van der Waals surface area (Å²) in [5.41, 5.74) is 0. The van der Waals surface area contributed by atoms with Crippen molar-refractivity contribution in [2.24, 2.45) is 5.92 Å². The molecule has 3 atom stereocenters. The van der Waals surface area contributed by atoms with Crippen molar-refractivity contribution in [1.82, 2.24) is 15.5 Å². The summed E-state index contributed by atoms with van der Waals surface area (Å²) in [4.78, 5) is 38.2. The Hall–Kier alpha value is -1.59. The Balaban J connectivity index is 1.58. The first kappa shape index (κ1) is 15.3. The monoisotopic (exact) mass is 307 g/mol. The minimum absolute atomic E-state index is 0.00244. The van der Waals surface area contributed by atoms with E-state index in [4.69, 9.17) is 0 Å². The van der Waals surface area contributed by atoms with Crippen molar-refractivity contribution in [2.45, 2.75) is 70.0 Å². The van der Waals surface area contributed by atoms with Gasteiger partial charge in [-0.2, -0.15) is 0 Å². The second kappa shape index (κ2) is 6.26. The Kier molecular flexibility index (Phi) is 4.36. The van der Waals surface area contributed by atoms with E-state index in [1.165, 1.54) is 6.42 Å². The minimum Gasteiger partial charge on any atom is -0.353 e. The molecule has 1 aliphatic carbocycles. The predicted molar refractivity (Wildman–Crippen MR) is 80.8 cm³/mol. The van der Waals surface area contributed by atoms with Crippen LogP contribution in [0.5, 0.6) is 0 Å². The van der Waals surface area contributed by atoms with Crippen LogP contribution >= 0.6 is 0 Å². The maximum atomic E-state index is 12.3. The zero-order valence-corrected chi connectivity index (χ0v) is 13.1. The third kappa shape index (κ3) is 2.96. The molecule has 0 aromatic carbocycles. The van der Waals surface area contributed by atoms with Gasteiger partial charge in [0.25, 0.3) is 0 Å². The number of hydrogen-bond acceptors (Lipinski definition) is 3. The molecule has 6 nitrogen and oxygen atoms in total. The third-order valence-electron chi connectivity index (χ3n) is 5.24. The van der Waals surface area contributed by atoms with Crippen molar-refractivity contribution >= 4 is 17.7 Å². The molecule has 0 aromatic rings. The molecule has 3 aliphatic rings. The number of amides is 3. The van der Waals surface area contributed by atoms with Gasteiger partial charge in [-0.05, 0) is 32.6 Å². The van der Waals surface area contributed by atoms with E-state index >= 15 is 0 Å². The highest BCUT2D eigenvalue weighted by Crippen LogP contribution is 2.26. The fraction of sp³-hybridized carbons (Fsp3) is 0.812. The minimum atomic E-state index is -0.433. The summed E-state index contributed by atoms with van der Waals surface area (Å²) < 4.78 is 0. The maximum Gasteiger partial charge on any atom is 0.245 e. The maximum absolute atomic E-state index is 12.3. The molecule has 3 rings (SSSR count). The molecule has 3 fully saturated rings. The first-order chi connectivity index (χ1) is 10.6. The lowest BCUT2D eigenvalue weighted by Crippen LogP contribution is -2.66. The summed E-state index contributed by atoms with van der Waals surface area (Å²) in [5.74, 6) is 0.160. The number of hydrogen-bond donors (Lipinski definition) is 2. The van der Waals surface area contributed by atoms with Gasteiger partial charge < -0.3 is 15.5 Å². The molecule has 3 amide bonds. The number of fused-ring (bicyclic) bond motifs is 1. The molecule has 1 saturated carbocycles. The molecular formula is C16H25N3O3. The lowest BCUT2D eigenvalue weighted by atomic mass is 9.87. The quantitative estimate of drug-likeness (QED) is 0.782. The zero-order chi connectivity index (χ0) is 15.7. The molecule has 0 bridgehead atoms. The molecule has 3 unspecified atom stereocenters. The van der Waals surface area contributed by atoms with E-state index in [1.54, 1.807) is 11.8 Å². The number of nitrogens with zero attached hydrogens (tertiary/aromatic N) is 1. The molecule has 2 saturated heterocycles.